The smallest absolute Gasteiger partial charge is 0.102 e. The molecule has 0 N–H and O–H groups in total. The lowest BCUT2D eigenvalue weighted by molar-refractivity contribution is 1.07. The van der Waals surface area contributed by atoms with Crippen LogP contribution in [0.3, 0.4) is 0 Å². The molecule has 19 heavy (non-hydrogen) atoms. The van der Waals surface area contributed by atoms with E-state index >= 15 is 0 Å². The first-order valence-corrected chi connectivity index (χ1v) is 8.17. The molecule has 2 heterocycles. The zero-order valence-electron chi connectivity index (χ0n) is 10.7. The zero-order valence-corrected chi connectivity index (χ0v) is 12.4. The van der Waals surface area contributed by atoms with Gasteiger partial charge in [-0.2, -0.15) is 5.26 Å². The van der Waals surface area contributed by atoms with E-state index in [1.54, 1.807) is 11.8 Å². The fourth-order valence-corrected chi connectivity index (χ4v) is 4.35. The van der Waals surface area contributed by atoms with Crippen LogP contribution in [-0.4, -0.2) is 11.2 Å². The van der Waals surface area contributed by atoms with Crippen LogP contribution in [0.5, 0.6) is 0 Å². The summed E-state index contributed by atoms with van der Waals surface area (Å²) in [5.41, 5.74) is 5.00. The Kier molecular flexibility index (Phi) is 3.26. The Morgan fingerprint density at radius 1 is 1.37 bits per heavy atom. The first-order valence-electron chi connectivity index (χ1n) is 5.96. The first kappa shape index (κ1) is 12.6. The number of nitrogens with zero attached hydrogens (tertiary/aromatic N) is 2. The van der Waals surface area contributed by atoms with Gasteiger partial charge in [0.1, 0.15) is 6.07 Å². The second kappa shape index (κ2) is 4.92. The highest BCUT2D eigenvalue weighted by molar-refractivity contribution is 7.99. The van der Waals surface area contributed by atoms with Gasteiger partial charge in [-0.1, -0.05) is 18.2 Å². The van der Waals surface area contributed by atoms with Crippen molar-refractivity contribution >= 4 is 23.5 Å². The summed E-state index contributed by atoms with van der Waals surface area (Å²) < 4.78 is 0. The van der Waals surface area contributed by atoms with Crippen molar-refractivity contribution in [3.63, 3.8) is 0 Å². The van der Waals surface area contributed by atoms with Crippen molar-refractivity contribution < 1.29 is 0 Å². The molecular formula is C15H12N2S2. The summed E-state index contributed by atoms with van der Waals surface area (Å²) in [6.07, 6.45) is 2.03. The molecule has 0 unspecified atom stereocenters. The van der Waals surface area contributed by atoms with E-state index in [9.17, 15) is 5.26 Å². The van der Waals surface area contributed by atoms with E-state index in [1.165, 1.54) is 16.0 Å². The van der Waals surface area contributed by atoms with Gasteiger partial charge in [0.05, 0.1) is 17.0 Å². The van der Waals surface area contributed by atoms with E-state index in [-0.39, 0.29) is 0 Å². The van der Waals surface area contributed by atoms with Gasteiger partial charge in [-0.05, 0) is 19.2 Å². The van der Waals surface area contributed by atoms with E-state index in [4.69, 9.17) is 0 Å². The van der Waals surface area contributed by atoms with Crippen LogP contribution < -0.4 is 0 Å². The SMILES string of the molecule is CSc1c(C#N)c(C)nc2c1CSc1ccccc1-2. The Balaban J connectivity index is 2.34. The molecule has 0 radical (unpaired) electrons. The molecule has 1 aromatic heterocycles. The predicted molar refractivity (Wildman–Crippen MR) is 80.5 cm³/mol. The zero-order chi connectivity index (χ0) is 13.4. The number of nitriles is 1. The van der Waals surface area contributed by atoms with Crippen LogP contribution >= 0.6 is 23.5 Å². The molecule has 2 nitrogen and oxygen atoms in total. The molecule has 0 atom stereocenters. The standard InChI is InChI=1S/C15H12N2S2/c1-9-11(7-16)15(18-2)12-8-19-13-6-4-3-5-10(13)14(12)17-9/h3-6H,8H2,1-2H3. The van der Waals surface area contributed by atoms with Gasteiger partial charge in [-0.3, -0.25) is 4.98 Å². The van der Waals surface area contributed by atoms with Gasteiger partial charge >= 0.3 is 0 Å². The van der Waals surface area contributed by atoms with Crippen molar-refractivity contribution in [1.82, 2.24) is 4.98 Å². The third-order valence-electron chi connectivity index (χ3n) is 3.26. The van der Waals surface area contributed by atoms with Crippen LogP contribution in [0.1, 0.15) is 16.8 Å². The maximum Gasteiger partial charge on any atom is 0.102 e. The van der Waals surface area contributed by atoms with Gasteiger partial charge < -0.3 is 0 Å². The summed E-state index contributed by atoms with van der Waals surface area (Å²) in [7, 11) is 0. The van der Waals surface area contributed by atoms with Crippen molar-refractivity contribution in [2.24, 2.45) is 0 Å². The first-order chi connectivity index (χ1) is 9.26. The highest BCUT2D eigenvalue weighted by atomic mass is 32.2. The fourth-order valence-electron chi connectivity index (χ4n) is 2.37. The largest absolute Gasteiger partial charge is 0.251 e. The van der Waals surface area contributed by atoms with Crippen molar-refractivity contribution in [1.29, 1.82) is 5.26 Å². The minimum absolute atomic E-state index is 0.728. The Morgan fingerprint density at radius 2 is 2.16 bits per heavy atom. The summed E-state index contributed by atoms with van der Waals surface area (Å²) in [4.78, 5) is 7.05. The van der Waals surface area contributed by atoms with Crippen LogP contribution in [0.2, 0.25) is 0 Å². The van der Waals surface area contributed by atoms with Crippen molar-refractivity contribution in [2.75, 3.05) is 6.26 Å². The number of benzene rings is 1. The van der Waals surface area contributed by atoms with Crippen LogP contribution in [-0.2, 0) is 5.75 Å². The van der Waals surface area contributed by atoms with Crippen LogP contribution in [0.25, 0.3) is 11.3 Å². The molecule has 2 aromatic rings. The number of aromatic nitrogens is 1. The van der Waals surface area contributed by atoms with E-state index in [0.717, 1.165) is 27.6 Å². The topological polar surface area (TPSA) is 36.7 Å². The van der Waals surface area contributed by atoms with Gasteiger partial charge in [0.15, 0.2) is 0 Å². The molecule has 0 saturated carbocycles. The summed E-state index contributed by atoms with van der Waals surface area (Å²) in [6, 6.07) is 10.6. The predicted octanol–water partition coefficient (Wildman–Crippen LogP) is 4.26. The molecule has 0 fully saturated rings. The number of pyridine rings is 1. The molecule has 0 aliphatic carbocycles. The summed E-state index contributed by atoms with van der Waals surface area (Å²) >= 11 is 3.47. The number of hydrogen-bond acceptors (Lipinski definition) is 4. The monoisotopic (exact) mass is 284 g/mol. The summed E-state index contributed by atoms with van der Waals surface area (Å²) in [5, 5.41) is 9.32. The van der Waals surface area contributed by atoms with E-state index in [2.05, 4.69) is 29.3 Å². The maximum absolute atomic E-state index is 9.32. The van der Waals surface area contributed by atoms with Gasteiger partial charge in [0.2, 0.25) is 0 Å². The molecule has 0 spiro atoms. The molecule has 0 amide bonds. The number of hydrogen-bond donors (Lipinski definition) is 0. The minimum atomic E-state index is 0.728. The number of aryl methyl sites for hydroxylation is 1. The van der Waals surface area contributed by atoms with Crippen molar-refractivity contribution in [3.05, 3.63) is 41.1 Å². The van der Waals surface area contributed by atoms with E-state index in [1.807, 2.05) is 31.0 Å². The third-order valence-corrected chi connectivity index (χ3v) is 5.22. The normalized spacial score (nSPS) is 12.5. The average molecular weight is 284 g/mol. The Bertz CT molecular complexity index is 702. The molecule has 4 heteroatoms. The van der Waals surface area contributed by atoms with Gasteiger partial charge in [-0.25, -0.2) is 0 Å². The third kappa shape index (κ3) is 1.94. The van der Waals surface area contributed by atoms with Gasteiger partial charge in [0, 0.05) is 26.7 Å². The van der Waals surface area contributed by atoms with Crippen LogP contribution in [0.15, 0.2) is 34.1 Å². The molecule has 0 bridgehead atoms. The average Bonchev–Trinajstić information content (AvgIpc) is 2.45. The number of fused-ring (bicyclic) bond motifs is 3. The molecule has 1 aliphatic rings. The minimum Gasteiger partial charge on any atom is -0.251 e. The van der Waals surface area contributed by atoms with Crippen LogP contribution in [0, 0.1) is 18.3 Å². The molecule has 0 saturated heterocycles. The highest BCUT2D eigenvalue weighted by Gasteiger charge is 2.23. The second-order valence-corrected chi connectivity index (χ2v) is 6.16. The van der Waals surface area contributed by atoms with E-state index in [0.29, 0.717) is 0 Å². The second-order valence-electron chi connectivity index (χ2n) is 4.33. The highest BCUT2D eigenvalue weighted by Crippen LogP contribution is 2.44. The van der Waals surface area contributed by atoms with Crippen LogP contribution in [0.4, 0.5) is 0 Å². The molecule has 1 aromatic carbocycles. The van der Waals surface area contributed by atoms with Gasteiger partial charge in [-0.15, -0.1) is 23.5 Å². The van der Waals surface area contributed by atoms with Gasteiger partial charge in [0.25, 0.3) is 0 Å². The summed E-state index contributed by atoms with van der Waals surface area (Å²) in [5.74, 6) is 0.893. The number of thioether (sulfide) groups is 2. The Hall–Kier alpha value is -1.44. The molecular weight excluding hydrogens is 272 g/mol. The molecule has 1 aliphatic heterocycles. The van der Waals surface area contributed by atoms with Crippen molar-refractivity contribution in [2.45, 2.75) is 22.5 Å². The fraction of sp³-hybridized carbons (Fsp3) is 0.200. The van der Waals surface area contributed by atoms with Crippen molar-refractivity contribution in [3.8, 4) is 17.3 Å². The lowest BCUT2D eigenvalue weighted by Crippen LogP contribution is -2.05. The quantitative estimate of drug-likeness (QED) is 0.733. The molecule has 3 rings (SSSR count). The molecule has 94 valence electrons. The maximum atomic E-state index is 9.32. The Labute approximate surface area is 121 Å². The summed E-state index contributed by atoms with van der Waals surface area (Å²) in [6.45, 7) is 1.92. The lowest BCUT2D eigenvalue weighted by Gasteiger charge is -2.22. The van der Waals surface area contributed by atoms with E-state index < -0.39 is 0 Å². The Morgan fingerprint density at radius 3 is 2.89 bits per heavy atom. The lowest BCUT2D eigenvalue weighted by atomic mass is 10.0. The number of rotatable bonds is 1.